The Morgan fingerprint density at radius 2 is 2.12 bits per heavy atom. The number of rotatable bonds is 9. The minimum absolute atomic E-state index is 0.0943. The summed E-state index contributed by atoms with van der Waals surface area (Å²) in [6.45, 7) is 5.54. The molecule has 0 fully saturated rings. The second kappa shape index (κ2) is 10.5. The Balaban J connectivity index is 1.93. The van der Waals surface area contributed by atoms with E-state index >= 15 is 0 Å². The third-order valence-electron chi connectivity index (χ3n) is 5.13. The number of nitrogens with zero attached hydrogens (tertiary/aromatic N) is 3. The number of H-pyrrole nitrogens is 1. The highest BCUT2D eigenvalue weighted by Gasteiger charge is 2.22. The van der Waals surface area contributed by atoms with E-state index in [1.54, 1.807) is 6.26 Å². The average molecular weight is 490 g/mol. The quantitative estimate of drug-likeness (QED) is 0.262. The molecular weight excluding hydrogens is 462 g/mol. The SMILES string of the molecule is CC[C@@H](N=c1[nH][s+]([O-])nc1Nc1cccc(C(=O)N(C)CC(=O)O)c1O)c1cc(C(C)C)co1. The summed E-state index contributed by atoms with van der Waals surface area (Å²) in [4.78, 5) is 29.0. The molecule has 0 bridgehead atoms. The summed E-state index contributed by atoms with van der Waals surface area (Å²) in [5.74, 6) is -1.17. The molecule has 0 aliphatic carbocycles. The number of carboxylic acid groups (broad SMARTS) is 1. The van der Waals surface area contributed by atoms with Crippen LogP contribution in [0, 0.1) is 0 Å². The number of nitrogens with one attached hydrogen (secondary N) is 2. The number of carboxylic acids is 1. The van der Waals surface area contributed by atoms with Gasteiger partial charge in [0.25, 0.3) is 5.91 Å². The van der Waals surface area contributed by atoms with Gasteiger partial charge in [0.05, 0.1) is 17.5 Å². The van der Waals surface area contributed by atoms with Crippen molar-refractivity contribution >= 4 is 34.5 Å². The molecule has 2 heterocycles. The molecule has 0 spiro atoms. The Hall–Kier alpha value is -3.64. The van der Waals surface area contributed by atoms with Crippen LogP contribution in [0.5, 0.6) is 5.75 Å². The molecule has 0 saturated carbocycles. The first-order valence-electron chi connectivity index (χ1n) is 10.6. The van der Waals surface area contributed by atoms with Crippen LogP contribution in [-0.2, 0) is 4.79 Å². The van der Waals surface area contributed by atoms with E-state index < -0.39 is 35.3 Å². The van der Waals surface area contributed by atoms with E-state index in [0.29, 0.717) is 18.1 Å². The summed E-state index contributed by atoms with van der Waals surface area (Å²) >= 11 is -1.78. The van der Waals surface area contributed by atoms with E-state index in [0.717, 1.165) is 10.5 Å². The Morgan fingerprint density at radius 1 is 1.38 bits per heavy atom. The first kappa shape index (κ1) is 25.0. The molecule has 11 nitrogen and oxygen atoms in total. The average Bonchev–Trinajstić information content (AvgIpc) is 3.39. The summed E-state index contributed by atoms with van der Waals surface area (Å²) in [7, 11) is 1.32. The number of aromatic nitrogens is 2. The van der Waals surface area contributed by atoms with Crippen molar-refractivity contribution in [2.24, 2.45) is 4.99 Å². The molecule has 0 aliphatic rings. The molecule has 0 saturated heterocycles. The monoisotopic (exact) mass is 489 g/mol. The van der Waals surface area contributed by atoms with Crippen molar-refractivity contribution in [3.63, 3.8) is 0 Å². The fourth-order valence-electron chi connectivity index (χ4n) is 3.23. The highest BCUT2D eigenvalue weighted by Crippen LogP contribution is 2.31. The van der Waals surface area contributed by atoms with Crippen LogP contribution >= 0.6 is 11.1 Å². The predicted octanol–water partition coefficient (Wildman–Crippen LogP) is 3.51. The Bertz CT molecular complexity index is 1240. The third-order valence-corrected chi connectivity index (χ3v) is 5.84. The molecule has 1 unspecified atom stereocenters. The van der Waals surface area contributed by atoms with Crippen LogP contribution in [0.4, 0.5) is 11.5 Å². The number of phenolic OH excluding ortho intramolecular Hbond substituents is 1. The highest BCUT2D eigenvalue weighted by molar-refractivity contribution is 7.13. The van der Waals surface area contributed by atoms with Crippen LogP contribution < -0.4 is 10.8 Å². The minimum Gasteiger partial charge on any atom is -0.548 e. The number of carbonyl (C=O) groups is 2. The van der Waals surface area contributed by atoms with Crippen molar-refractivity contribution in [3.05, 3.63) is 52.9 Å². The first-order chi connectivity index (χ1) is 16.1. The van der Waals surface area contributed by atoms with Crippen molar-refractivity contribution in [2.75, 3.05) is 18.9 Å². The topological polar surface area (TPSA) is 167 Å². The first-order valence-corrected chi connectivity index (χ1v) is 11.7. The maximum Gasteiger partial charge on any atom is 0.323 e. The number of likely N-dealkylation sites (N-methyl/N-ethyl adjacent to an activating group) is 1. The Kier molecular flexibility index (Phi) is 7.74. The van der Waals surface area contributed by atoms with Crippen molar-refractivity contribution in [1.29, 1.82) is 0 Å². The van der Waals surface area contributed by atoms with Gasteiger partial charge in [0.1, 0.15) is 18.3 Å². The van der Waals surface area contributed by atoms with Crippen LogP contribution in [0.1, 0.15) is 60.8 Å². The summed E-state index contributed by atoms with van der Waals surface area (Å²) in [5.41, 5.74) is 1.28. The fourth-order valence-corrected chi connectivity index (χ4v) is 3.89. The van der Waals surface area contributed by atoms with E-state index in [2.05, 4.69) is 32.9 Å². The molecule has 1 aromatic carbocycles. The van der Waals surface area contributed by atoms with Gasteiger partial charge in [-0.3, -0.25) is 9.59 Å². The van der Waals surface area contributed by atoms with Crippen LogP contribution in [0.3, 0.4) is 0 Å². The number of aromatic hydroxyl groups is 1. The van der Waals surface area contributed by atoms with E-state index in [9.17, 15) is 19.2 Å². The van der Waals surface area contributed by atoms with Gasteiger partial charge in [0, 0.05) is 11.4 Å². The molecule has 3 aromatic rings. The number of para-hydroxylation sites is 1. The van der Waals surface area contributed by atoms with Crippen LogP contribution in [0.2, 0.25) is 0 Å². The molecule has 2 atom stereocenters. The van der Waals surface area contributed by atoms with Gasteiger partial charge in [0.15, 0.2) is 16.9 Å². The lowest BCUT2D eigenvalue weighted by Crippen LogP contribution is -2.32. The number of phenols is 1. The fraction of sp³-hybridized carbons (Fsp3) is 0.364. The van der Waals surface area contributed by atoms with Crippen molar-refractivity contribution in [3.8, 4) is 5.75 Å². The van der Waals surface area contributed by atoms with Crippen molar-refractivity contribution < 1.29 is 28.8 Å². The molecular formula is C22H27N5O6S. The molecule has 0 aliphatic heterocycles. The summed E-state index contributed by atoms with van der Waals surface area (Å²) in [6, 6.07) is 5.98. The lowest BCUT2D eigenvalue weighted by molar-refractivity contribution is -0.137. The van der Waals surface area contributed by atoms with E-state index in [4.69, 9.17) is 9.52 Å². The number of furan rings is 1. The number of aliphatic carboxylic acids is 1. The van der Waals surface area contributed by atoms with Gasteiger partial charge in [-0.25, -0.2) is 4.99 Å². The van der Waals surface area contributed by atoms with Gasteiger partial charge in [-0.2, -0.15) is 0 Å². The van der Waals surface area contributed by atoms with Gasteiger partial charge in [-0.05, 0) is 36.1 Å². The van der Waals surface area contributed by atoms with Gasteiger partial charge in [-0.1, -0.05) is 26.8 Å². The number of hydrogen-bond donors (Lipinski definition) is 4. The minimum atomic E-state index is -1.78. The number of anilines is 2. The van der Waals surface area contributed by atoms with Crippen LogP contribution in [0.15, 0.2) is 39.9 Å². The van der Waals surface area contributed by atoms with Crippen LogP contribution in [-0.4, -0.2) is 53.9 Å². The number of hydrogen-bond acceptors (Lipinski definition) is 8. The highest BCUT2D eigenvalue weighted by atomic mass is 32.2. The van der Waals surface area contributed by atoms with E-state index in [1.807, 2.05) is 13.0 Å². The standard InChI is InChI=1S/C22H27N5O6S/c1-5-15(17-9-13(11-33-17)12(2)3)23-20-21(26-34(32)25-20)24-16-8-6-7-14(19(16)30)22(31)27(4)10-18(28)29/h6-9,11-12,15,30H,5,10H2,1-4H3,(H,23,25)(H,24,26)(H,28,29)/t15-,34?/m1/s1. The smallest absolute Gasteiger partial charge is 0.323 e. The van der Waals surface area contributed by atoms with Gasteiger partial charge in [0.2, 0.25) is 11.3 Å². The summed E-state index contributed by atoms with van der Waals surface area (Å²) in [5, 5.41) is 22.4. The zero-order valence-electron chi connectivity index (χ0n) is 19.2. The van der Waals surface area contributed by atoms with Crippen molar-refractivity contribution in [2.45, 2.75) is 39.2 Å². The molecule has 12 heteroatoms. The maximum absolute atomic E-state index is 12.5. The predicted molar refractivity (Wildman–Crippen MR) is 125 cm³/mol. The lowest BCUT2D eigenvalue weighted by atomic mass is 10.1. The zero-order valence-corrected chi connectivity index (χ0v) is 20.0. The van der Waals surface area contributed by atoms with Gasteiger partial charge < -0.3 is 29.4 Å². The maximum atomic E-state index is 12.5. The molecule has 4 N–H and O–H groups in total. The Labute approximate surface area is 198 Å². The second-order valence-corrected chi connectivity index (χ2v) is 8.90. The summed E-state index contributed by atoms with van der Waals surface area (Å²) < 4.78 is 24.4. The van der Waals surface area contributed by atoms with E-state index in [1.165, 1.54) is 25.2 Å². The molecule has 2 aromatic heterocycles. The molecule has 3 rings (SSSR count). The normalized spacial score (nSPS) is 13.2. The summed E-state index contributed by atoms with van der Waals surface area (Å²) in [6.07, 6.45) is 2.31. The van der Waals surface area contributed by atoms with Crippen LogP contribution in [0.25, 0.3) is 0 Å². The zero-order chi connectivity index (χ0) is 25.0. The molecule has 182 valence electrons. The molecule has 34 heavy (non-hydrogen) atoms. The third kappa shape index (κ3) is 5.64. The second-order valence-electron chi connectivity index (χ2n) is 8.01. The molecule has 1 amide bonds. The van der Waals surface area contributed by atoms with Gasteiger partial charge in [-0.15, -0.1) is 4.37 Å². The number of amides is 1. The van der Waals surface area contributed by atoms with Gasteiger partial charge >= 0.3 is 5.97 Å². The number of carbonyl (C=O) groups excluding carboxylic acids is 1. The largest absolute Gasteiger partial charge is 0.548 e. The molecule has 0 radical (unpaired) electrons. The van der Waals surface area contributed by atoms with Crippen molar-refractivity contribution in [1.82, 2.24) is 13.6 Å². The van der Waals surface area contributed by atoms with E-state index in [-0.39, 0.29) is 28.6 Å². The Morgan fingerprint density at radius 3 is 2.74 bits per heavy atom. The number of benzene rings is 1. The lowest BCUT2D eigenvalue weighted by Gasteiger charge is -2.16. The number of aromatic amines is 1.